The number of unbranched alkanes of at least 4 members (excludes halogenated alkanes) is 1. The van der Waals surface area contributed by atoms with Gasteiger partial charge in [-0.3, -0.25) is 4.79 Å². The SMILES string of the molecule is COCCCCC(O)(CCN(C)C(=O)[C@H]1C[C@@H](O)[C@@H](NC(=O)OC(C)(C)C)C1)c1cccc(Cl)c1-c1cccc(C)c1. The van der Waals surface area contributed by atoms with Crippen molar-refractivity contribution in [2.75, 3.05) is 27.3 Å². The molecule has 4 atom stereocenters. The molecule has 1 saturated carbocycles. The highest BCUT2D eigenvalue weighted by Crippen LogP contribution is 2.41. The van der Waals surface area contributed by atoms with Crippen LogP contribution in [0.4, 0.5) is 4.79 Å². The molecule has 0 heterocycles. The van der Waals surface area contributed by atoms with Gasteiger partial charge in [-0.05, 0) is 83.4 Å². The van der Waals surface area contributed by atoms with E-state index in [1.807, 2.05) is 43.3 Å². The molecule has 1 unspecified atom stereocenters. The molecule has 1 fully saturated rings. The van der Waals surface area contributed by atoms with Crippen LogP contribution in [-0.2, 0) is 19.9 Å². The van der Waals surface area contributed by atoms with E-state index < -0.39 is 35.4 Å². The Balaban J connectivity index is 1.77. The quantitative estimate of drug-likeness (QED) is 0.264. The normalized spacial score (nSPS) is 20.2. The minimum atomic E-state index is -1.25. The highest BCUT2D eigenvalue weighted by Gasteiger charge is 2.40. The summed E-state index contributed by atoms with van der Waals surface area (Å²) in [5.41, 5.74) is 1.63. The van der Waals surface area contributed by atoms with Crippen molar-refractivity contribution in [1.29, 1.82) is 0 Å². The number of aliphatic hydroxyl groups is 2. The molecule has 3 rings (SSSR count). The lowest BCUT2D eigenvalue weighted by Gasteiger charge is -2.33. The number of carbonyl (C=O) groups is 2. The lowest BCUT2D eigenvalue weighted by molar-refractivity contribution is -0.135. The third-order valence-corrected chi connectivity index (χ3v) is 8.14. The highest BCUT2D eigenvalue weighted by atomic mass is 35.5. The molecule has 1 aliphatic carbocycles. The average Bonchev–Trinajstić information content (AvgIpc) is 3.27. The minimum absolute atomic E-state index is 0.130. The highest BCUT2D eigenvalue weighted by molar-refractivity contribution is 6.33. The van der Waals surface area contributed by atoms with Gasteiger partial charge in [-0.2, -0.15) is 0 Å². The van der Waals surface area contributed by atoms with Crippen molar-refractivity contribution in [3.63, 3.8) is 0 Å². The lowest BCUT2D eigenvalue weighted by Crippen LogP contribution is -2.43. The van der Waals surface area contributed by atoms with Crippen LogP contribution in [0.3, 0.4) is 0 Å². The molecule has 8 nitrogen and oxygen atoms in total. The summed E-state index contributed by atoms with van der Waals surface area (Å²) in [5.74, 6) is -0.581. The number of aryl methyl sites for hydroxylation is 1. The molecule has 2 aromatic carbocycles. The van der Waals surface area contributed by atoms with Gasteiger partial charge in [0.05, 0.1) is 17.7 Å². The average molecular weight is 603 g/mol. The lowest BCUT2D eigenvalue weighted by atomic mass is 9.81. The summed E-state index contributed by atoms with van der Waals surface area (Å²) < 4.78 is 10.5. The molecular weight excluding hydrogens is 556 g/mol. The number of nitrogens with one attached hydrogen (secondary N) is 1. The molecule has 2 amide bonds. The van der Waals surface area contributed by atoms with E-state index in [1.54, 1.807) is 39.8 Å². The fourth-order valence-electron chi connectivity index (χ4n) is 5.67. The van der Waals surface area contributed by atoms with Crippen molar-refractivity contribution in [3.8, 4) is 11.1 Å². The smallest absolute Gasteiger partial charge is 0.407 e. The van der Waals surface area contributed by atoms with Gasteiger partial charge in [0, 0.05) is 43.8 Å². The number of halogens is 1. The summed E-state index contributed by atoms with van der Waals surface area (Å²) in [6.07, 6.45) is 1.40. The fourth-order valence-corrected chi connectivity index (χ4v) is 5.95. The third kappa shape index (κ3) is 9.17. The summed E-state index contributed by atoms with van der Waals surface area (Å²) in [4.78, 5) is 27.3. The number of aliphatic hydroxyl groups excluding tert-OH is 1. The van der Waals surface area contributed by atoms with Gasteiger partial charge in [-0.1, -0.05) is 53.6 Å². The van der Waals surface area contributed by atoms with Crippen molar-refractivity contribution in [1.82, 2.24) is 10.2 Å². The van der Waals surface area contributed by atoms with E-state index >= 15 is 0 Å². The molecule has 42 heavy (non-hydrogen) atoms. The van der Waals surface area contributed by atoms with Gasteiger partial charge in [0.2, 0.25) is 5.91 Å². The van der Waals surface area contributed by atoms with Crippen LogP contribution in [0.25, 0.3) is 11.1 Å². The molecule has 0 aromatic heterocycles. The molecule has 1 aliphatic rings. The summed E-state index contributed by atoms with van der Waals surface area (Å²) in [7, 11) is 3.38. The third-order valence-electron chi connectivity index (χ3n) is 7.83. The fraction of sp³-hybridized carbons (Fsp3) is 0.576. The topological polar surface area (TPSA) is 108 Å². The van der Waals surface area contributed by atoms with E-state index in [0.29, 0.717) is 37.4 Å². The zero-order valence-corrected chi connectivity index (χ0v) is 26.5. The van der Waals surface area contributed by atoms with E-state index in [-0.39, 0.29) is 12.3 Å². The number of rotatable bonds is 12. The second-order valence-electron chi connectivity index (χ2n) is 12.5. The van der Waals surface area contributed by atoms with Gasteiger partial charge in [-0.15, -0.1) is 0 Å². The summed E-state index contributed by atoms with van der Waals surface area (Å²) in [6.45, 7) is 8.22. The molecule has 3 N–H and O–H groups in total. The van der Waals surface area contributed by atoms with Gasteiger partial charge >= 0.3 is 6.09 Å². The van der Waals surface area contributed by atoms with Crippen LogP contribution < -0.4 is 5.32 Å². The number of alkyl carbamates (subject to hydrolysis) is 1. The number of hydrogen-bond acceptors (Lipinski definition) is 6. The second-order valence-corrected chi connectivity index (χ2v) is 12.9. The van der Waals surface area contributed by atoms with E-state index in [1.165, 1.54) is 0 Å². The molecule has 0 saturated heterocycles. The van der Waals surface area contributed by atoms with E-state index in [4.69, 9.17) is 21.1 Å². The van der Waals surface area contributed by atoms with Gasteiger partial charge < -0.3 is 29.9 Å². The second kappa shape index (κ2) is 14.7. The first-order chi connectivity index (χ1) is 19.7. The maximum atomic E-state index is 13.4. The summed E-state index contributed by atoms with van der Waals surface area (Å²) in [6, 6.07) is 13.1. The van der Waals surface area contributed by atoms with Crippen molar-refractivity contribution in [2.45, 2.75) is 89.6 Å². The molecule has 9 heteroatoms. The van der Waals surface area contributed by atoms with Crippen LogP contribution >= 0.6 is 11.6 Å². The predicted molar refractivity (Wildman–Crippen MR) is 165 cm³/mol. The number of hydrogen-bond donors (Lipinski definition) is 3. The number of amides is 2. The van der Waals surface area contributed by atoms with Gasteiger partial charge in [-0.25, -0.2) is 4.79 Å². The molecule has 0 radical (unpaired) electrons. The van der Waals surface area contributed by atoms with E-state index in [0.717, 1.165) is 35.1 Å². The Hall–Kier alpha value is -2.65. The monoisotopic (exact) mass is 602 g/mol. The van der Waals surface area contributed by atoms with Crippen molar-refractivity contribution >= 4 is 23.6 Å². The van der Waals surface area contributed by atoms with Crippen LogP contribution in [0.5, 0.6) is 0 Å². The predicted octanol–water partition coefficient (Wildman–Crippen LogP) is 5.83. The van der Waals surface area contributed by atoms with Crippen molar-refractivity contribution < 1.29 is 29.3 Å². The maximum Gasteiger partial charge on any atom is 0.407 e. The van der Waals surface area contributed by atoms with Crippen LogP contribution in [0, 0.1) is 12.8 Å². The largest absolute Gasteiger partial charge is 0.444 e. The minimum Gasteiger partial charge on any atom is -0.444 e. The Morgan fingerprint density at radius 1 is 1.10 bits per heavy atom. The maximum absolute atomic E-state index is 13.4. The standard InChI is InChI=1S/C33H47ClN2O6/c1-22-11-9-12-23(19-22)29-25(13-10-14-26(29)34)33(40,15-7-8-18-41-6)16-17-36(5)30(38)24-20-27(28(37)21-24)35-31(39)42-32(2,3)4/h9-14,19,24,27-28,37,40H,7-8,15-18,20-21H2,1-6H3,(H,35,39)/t24-,27+,28-,33?/m1/s1. The molecule has 0 spiro atoms. The number of carbonyl (C=O) groups excluding carboxylic acids is 2. The van der Waals surface area contributed by atoms with Crippen LogP contribution in [0.2, 0.25) is 5.02 Å². The van der Waals surface area contributed by atoms with E-state index in [9.17, 15) is 19.8 Å². The molecular formula is C33H47ClN2O6. The number of nitrogens with zero attached hydrogens (tertiary/aromatic N) is 1. The Labute approximate surface area is 255 Å². The molecule has 0 aliphatic heterocycles. The Kier molecular flexibility index (Phi) is 11.8. The van der Waals surface area contributed by atoms with Crippen LogP contribution in [-0.4, -0.2) is 72.2 Å². The zero-order valence-electron chi connectivity index (χ0n) is 25.8. The Morgan fingerprint density at radius 2 is 1.81 bits per heavy atom. The Bertz CT molecular complexity index is 1220. The van der Waals surface area contributed by atoms with Gasteiger partial charge in [0.25, 0.3) is 0 Å². The van der Waals surface area contributed by atoms with E-state index in [2.05, 4.69) is 11.4 Å². The van der Waals surface area contributed by atoms with Gasteiger partial charge in [0.15, 0.2) is 0 Å². The molecule has 0 bridgehead atoms. The number of methoxy groups -OCH3 is 1. The molecule has 2 aromatic rings. The summed E-state index contributed by atoms with van der Waals surface area (Å²) >= 11 is 6.75. The number of ether oxygens (including phenoxy) is 2. The number of benzene rings is 2. The van der Waals surface area contributed by atoms with Crippen molar-refractivity contribution in [2.24, 2.45) is 5.92 Å². The Morgan fingerprint density at radius 3 is 2.48 bits per heavy atom. The molecule has 232 valence electrons. The summed E-state index contributed by atoms with van der Waals surface area (Å²) in [5, 5.41) is 26.1. The first-order valence-corrected chi connectivity index (χ1v) is 15.1. The first-order valence-electron chi connectivity index (χ1n) is 14.7. The van der Waals surface area contributed by atoms with Crippen LogP contribution in [0.1, 0.15) is 70.4 Å². The van der Waals surface area contributed by atoms with Gasteiger partial charge in [0.1, 0.15) is 5.60 Å². The van der Waals surface area contributed by atoms with Crippen molar-refractivity contribution in [3.05, 3.63) is 58.6 Å². The van der Waals surface area contributed by atoms with Crippen LogP contribution in [0.15, 0.2) is 42.5 Å². The zero-order chi connectivity index (χ0) is 31.1. The first kappa shape index (κ1) is 33.8.